The average Bonchev–Trinajstić information content (AvgIpc) is 2.97. The first-order valence-electron chi connectivity index (χ1n) is 9.85. The summed E-state index contributed by atoms with van der Waals surface area (Å²) in [6, 6.07) is 5.35. The Morgan fingerprint density at radius 3 is 2.54 bits per heavy atom. The largest absolute Gasteiger partial charge is 0.493 e. The third-order valence-electron chi connectivity index (χ3n) is 4.78. The van der Waals surface area contributed by atoms with Crippen molar-refractivity contribution in [3.63, 3.8) is 0 Å². The highest BCUT2D eigenvalue weighted by Gasteiger charge is 2.15. The van der Waals surface area contributed by atoms with Gasteiger partial charge in [-0.05, 0) is 51.3 Å². The number of nitrogens with one attached hydrogen (secondary N) is 1. The number of rotatable bonds is 10. The molecule has 0 bridgehead atoms. The molecule has 2 aromatic rings. The zero-order chi connectivity index (χ0) is 20.7. The van der Waals surface area contributed by atoms with E-state index in [1.54, 1.807) is 25.3 Å². The van der Waals surface area contributed by atoms with E-state index in [4.69, 9.17) is 14.0 Å². The number of carbonyl (C=O) groups excluding carboxylic acids is 1. The lowest BCUT2D eigenvalue weighted by Crippen LogP contribution is -2.32. The van der Waals surface area contributed by atoms with Gasteiger partial charge in [-0.25, -0.2) is 0 Å². The Balaban J connectivity index is 1.98. The number of carbonyl (C=O) groups is 1. The van der Waals surface area contributed by atoms with Crippen LogP contribution in [0, 0.1) is 19.8 Å². The van der Waals surface area contributed by atoms with Gasteiger partial charge in [-0.2, -0.15) is 0 Å². The summed E-state index contributed by atoms with van der Waals surface area (Å²) < 4.78 is 16.4. The molecule has 1 unspecified atom stereocenters. The van der Waals surface area contributed by atoms with Gasteiger partial charge < -0.3 is 19.3 Å². The van der Waals surface area contributed by atoms with Crippen LogP contribution in [0.15, 0.2) is 22.7 Å². The maximum atomic E-state index is 12.5. The number of aryl methyl sites for hydroxylation is 2. The molecule has 1 atom stereocenters. The van der Waals surface area contributed by atoms with E-state index in [0.717, 1.165) is 29.9 Å². The summed E-state index contributed by atoms with van der Waals surface area (Å²) in [4.78, 5) is 12.5. The molecule has 0 aliphatic rings. The molecular formula is C22H32N2O4. The monoisotopic (exact) mass is 388 g/mol. The molecule has 1 aromatic carbocycles. The van der Waals surface area contributed by atoms with Gasteiger partial charge in [-0.3, -0.25) is 4.79 Å². The number of nitrogens with zero attached hydrogens (tertiary/aromatic N) is 1. The Morgan fingerprint density at radius 1 is 1.18 bits per heavy atom. The van der Waals surface area contributed by atoms with Gasteiger partial charge in [0.05, 0.1) is 18.4 Å². The second-order valence-electron chi connectivity index (χ2n) is 7.66. The third-order valence-corrected chi connectivity index (χ3v) is 4.78. The Bertz CT molecular complexity index is 763. The molecule has 6 nitrogen and oxygen atoms in total. The normalized spacial score (nSPS) is 12.1. The lowest BCUT2D eigenvalue weighted by atomic mass is 10.0. The van der Waals surface area contributed by atoms with E-state index in [1.807, 2.05) is 20.8 Å². The van der Waals surface area contributed by atoms with Gasteiger partial charge in [0, 0.05) is 11.6 Å². The molecule has 0 aliphatic heterocycles. The number of aromatic nitrogens is 1. The molecule has 1 heterocycles. The van der Waals surface area contributed by atoms with Gasteiger partial charge in [-0.1, -0.05) is 31.8 Å². The summed E-state index contributed by atoms with van der Waals surface area (Å²) in [6.07, 6.45) is 3.25. The molecule has 0 fully saturated rings. The van der Waals surface area contributed by atoms with E-state index < -0.39 is 0 Å². The fraction of sp³-hybridized carbons (Fsp3) is 0.545. The van der Waals surface area contributed by atoms with Crippen molar-refractivity contribution in [3.8, 4) is 11.5 Å². The highest BCUT2D eigenvalue weighted by Crippen LogP contribution is 2.29. The maximum absolute atomic E-state index is 12.5. The molecule has 0 aliphatic carbocycles. The Morgan fingerprint density at radius 2 is 1.93 bits per heavy atom. The lowest BCUT2D eigenvalue weighted by Gasteiger charge is -2.16. The highest BCUT2D eigenvalue weighted by molar-refractivity contribution is 5.95. The quantitative estimate of drug-likeness (QED) is 0.631. The number of ether oxygens (including phenoxy) is 2. The van der Waals surface area contributed by atoms with Gasteiger partial charge in [0.25, 0.3) is 5.91 Å². The SMILES string of the molecule is COc1cc(C(=O)NC(C)CCCC(C)C)ccc1OCc1c(C)noc1C. The summed E-state index contributed by atoms with van der Waals surface area (Å²) in [7, 11) is 1.56. The fourth-order valence-corrected chi connectivity index (χ4v) is 3.00. The smallest absolute Gasteiger partial charge is 0.251 e. The van der Waals surface area contributed by atoms with Crippen molar-refractivity contribution in [3.05, 3.63) is 40.8 Å². The van der Waals surface area contributed by atoms with E-state index >= 15 is 0 Å². The summed E-state index contributed by atoms with van der Waals surface area (Å²) in [6.45, 7) is 10.5. The van der Waals surface area contributed by atoms with E-state index in [0.29, 0.717) is 29.6 Å². The minimum absolute atomic E-state index is 0.104. The molecule has 0 spiro atoms. The summed E-state index contributed by atoms with van der Waals surface area (Å²) in [5.74, 6) is 2.41. The Kier molecular flexibility index (Phi) is 7.91. The van der Waals surface area contributed by atoms with Gasteiger partial charge in [-0.15, -0.1) is 0 Å². The minimum atomic E-state index is -0.104. The van der Waals surface area contributed by atoms with Crippen LogP contribution in [0.2, 0.25) is 0 Å². The standard InChI is InChI=1S/C22H32N2O4/c1-14(2)8-7-9-15(3)23-22(25)18-10-11-20(21(12-18)26-6)27-13-19-16(4)24-28-17(19)5/h10-12,14-15H,7-9,13H2,1-6H3,(H,23,25). The molecule has 1 N–H and O–H groups in total. The number of hydrogen-bond donors (Lipinski definition) is 1. The lowest BCUT2D eigenvalue weighted by molar-refractivity contribution is 0.0937. The van der Waals surface area contributed by atoms with E-state index in [1.165, 1.54) is 6.42 Å². The molecule has 6 heteroatoms. The van der Waals surface area contributed by atoms with Crippen LogP contribution in [0.3, 0.4) is 0 Å². The van der Waals surface area contributed by atoms with Crippen molar-refractivity contribution < 1.29 is 18.8 Å². The third kappa shape index (κ3) is 6.01. The topological polar surface area (TPSA) is 73.6 Å². The van der Waals surface area contributed by atoms with Crippen molar-refractivity contribution in [1.82, 2.24) is 10.5 Å². The number of amides is 1. The summed E-state index contributed by atoms with van der Waals surface area (Å²) in [5, 5.41) is 6.98. The summed E-state index contributed by atoms with van der Waals surface area (Å²) in [5.41, 5.74) is 2.27. The minimum Gasteiger partial charge on any atom is -0.493 e. The van der Waals surface area contributed by atoms with Crippen LogP contribution in [0.4, 0.5) is 0 Å². The van der Waals surface area contributed by atoms with Crippen LogP contribution in [-0.4, -0.2) is 24.2 Å². The second kappa shape index (κ2) is 10.2. The first kappa shape index (κ1) is 21.8. The number of hydrogen-bond acceptors (Lipinski definition) is 5. The predicted molar refractivity (Wildman–Crippen MR) is 109 cm³/mol. The number of methoxy groups -OCH3 is 1. The van der Waals surface area contributed by atoms with Crippen LogP contribution < -0.4 is 14.8 Å². The van der Waals surface area contributed by atoms with Crippen LogP contribution in [0.5, 0.6) is 11.5 Å². The molecule has 1 amide bonds. The maximum Gasteiger partial charge on any atom is 0.251 e. The molecular weight excluding hydrogens is 356 g/mol. The van der Waals surface area contributed by atoms with Crippen LogP contribution >= 0.6 is 0 Å². The van der Waals surface area contributed by atoms with E-state index in [9.17, 15) is 4.79 Å². The van der Waals surface area contributed by atoms with Crippen LogP contribution in [0.1, 0.15) is 67.4 Å². The molecule has 0 saturated heterocycles. The molecule has 1 aromatic heterocycles. The fourth-order valence-electron chi connectivity index (χ4n) is 3.00. The average molecular weight is 389 g/mol. The van der Waals surface area contributed by atoms with Crippen LogP contribution in [0.25, 0.3) is 0 Å². The first-order chi connectivity index (χ1) is 13.3. The molecule has 0 saturated carbocycles. The van der Waals surface area contributed by atoms with Gasteiger partial charge >= 0.3 is 0 Å². The van der Waals surface area contributed by atoms with Gasteiger partial charge in [0.15, 0.2) is 11.5 Å². The zero-order valence-electron chi connectivity index (χ0n) is 17.8. The van der Waals surface area contributed by atoms with Crippen molar-refractivity contribution >= 4 is 5.91 Å². The molecule has 28 heavy (non-hydrogen) atoms. The van der Waals surface area contributed by atoms with Crippen molar-refractivity contribution in [1.29, 1.82) is 0 Å². The number of benzene rings is 1. The van der Waals surface area contributed by atoms with Gasteiger partial charge in [0.1, 0.15) is 12.4 Å². The molecule has 2 rings (SSSR count). The second-order valence-corrected chi connectivity index (χ2v) is 7.66. The molecule has 154 valence electrons. The predicted octanol–water partition coefficient (Wildman–Crippen LogP) is 4.82. The van der Waals surface area contributed by atoms with Crippen molar-refractivity contribution in [2.75, 3.05) is 7.11 Å². The first-order valence-corrected chi connectivity index (χ1v) is 9.85. The van der Waals surface area contributed by atoms with Gasteiger partial charge in [0.2, 0.25) is 0 Å². The Hall–Kier alpha value is -2.50. The van der Waals surface area contributed by atoms with E-state index in [-0.39, 0.29) is 11.9 Å². The summed E-state index contributed by atoms with van der Waals surface area (Å²) >= 11 is 0. The Labute approximate surface area is 167 Å². The highest BCUT2D eigenvalue weighted by atomic mass is 16.5. The van der Waals surface area contributed by atoms with E-state index in [2.05, 4.69) is 24.3 Å². The van der Waals surface area contributed by atoms with Crippen molar-refractivity contribution in [2.24, 2.45) is 5.92 Å². The zero-order valence-corrected chi connectivity index (χ0v) is 17.8. The van der Waals surface area contributed by atoms with Crippen LogP contribution in [-0.2, 0) is 6.61 Å². The van der Waals surface area contributed by atoms with Crippen molar-refractivity contribution in [2.45, 2.75) is 66.5 Å². The molecule has 0 radical (unpaired) electrons.